The Kier molecular flexibility index (Phi) is 12.9. The van der Waals surface area contributed by atoms with Crippen molar-refractivity contribution in [1.82, 2.24) is 14.7 Å². The van der Waals surface area contributed by atoms with Crippen LogP contribution in [0.2, 0.25) is 5.02 Å². The van der Waals surface area contributed by atoms with Gasteiger partial charge in [-0.15, -0.1) is 0 Å². The molecular weight excluding hydrogens is 728 g/mol. The van der Waals surface area contributed by atoms with E-state index in [1.165, 1.54) is 14.2 Å². The zero-order chi connectivity index (χ0) is 37.5. The minimum Gasteiger partial charge on any atom is -0.497 e. The van der Waals surface area contributed by atoms with Crippen molar-refractivity contribution >= 4 is 50.6 Å². The molecular formula is C34H40ClF2N5O7S2. The Morgan fingerprint density at radius 3 is 2.35 bits per heavy atom. The first-order valence-corrected chi connectivity index (χ1v) is 18.2. The largest absolute Gasteiger partial charge is 0.497 e. The molecule has 3 aromatic carbocycles. The van der Waals surface area contributed by atoms with Gasteiger partial charge in [0, 0.05) is 53.6 Å². The second-order valence-corrected chi connectivity index (χ2v) is 15.6. The van der Waals surface area contributed by atoms with Gasteiger partial charge in [-0.1, -0.05) is 38.4 Å². The Morgan fingerprint density at radius 2 is 1.73 bits per heavy atom. The van der Waals surface area contributed by atoms with Crippen molar-refractivity contribution in [1.29, 1.82) is 0 Å². The van der Waals surface area contributed by atoms with Crippen LogP contribution >= 0.6 is 23.1 Å². The zero-order valence-electron chi connectivity index (χ0n) is 29.2. The number of amides is 1. The van der Waals surface area contributed by atoms with E-state index in [2.05, 4.69) is 14.7 Å². The van der Waals surface area contributed by atoms with Gasteiger partial charge in [-0.25, -0.2) is 18.6 Å². The van der Waals surface area contributed by atoms with Gasteiger partial charge in [0.1, 0.15) is 31.0 Å². The van der Waals surface area contributed by atoms with Crippen molar-refractivity contribution in [3.63, 3.8) is 0 Å². The molecule has 276 valence electrons. The molecule has 1 atom stereocenters. The van der Waals surface area contributed by atoms with E-state index in [4.69, 9.17) is 30.5 Å². The molecule has 12 nitrogen and oxygen atoms in total. The third kappa shape index (κ3) is 9.48. The number of methoxy groups -OCH3 is 2. The summed E-state index contributed by atoms with van der Waals surface area (Å²) in [5.74, 6) is -1.83. The highest BCUT2D eigenvalue weighted by Gasteiger charge is 2.33. The number of aromatic nitrogens is 2. The molecule has 0 spiro atoms. The van der Waals surface area contributed by atoms with Crippen LogP contribution in [-0.4, -0.2) is 64.3 Å². The molecule has 1 N–H and O–H groups in total. The number of rotatable bonds is 15. The van der Waals surface area contributed by atoms with Crippen LogP contribution in [0.4, 0.5) is 25.0 Å². The standard InChI is InChI=1S/C34H40ClF2N5O7S2/c1-8-38-32(43)49-19-31(34(2,3)4)41(5)27-13-23(35)11-9-22(27)18-48-30-16-25(36)28(15-26(30)37)42(51(44,45)33-39-20-40-50-33)17-21-10-12-24(46-6)14-29(21)47-7/h9-16,20,31H,8,17-19H2,1-7H3,(H,38,43). The van der Waals surface area contributed by atoms with E-state index in [9.17, 15) is 13.2 Å². The predicted molar refractivity (Wildman–Crippen MR) is 192 cm³/mol. The first-order chi connectivity index (χ1) is 24.1. The minimum absolute atomic E-state index is 0.0544. The molecule has 51 heavy (non-hydrogen) atoms. The number of hydrogen-bond acceptors (Lipinski definition) is 11. The highest BCUT2D eigenvalue weighted by Crippen LogP contribution is 2.37. The third-order valence-corrected chi connectivity index (χ3v) is 10.9. The topological polar surface area (TPSA) is 132 Å². The fourth-order valence-electron chi connectivity index (χ4n) is 5.23. The number of halogens is 3. The maximum atomic E-state index is 16.0. The van der Waals surface area contributed by atoms with Crippen LogP contribution in [0.1, 0.15) is 38.8 Å². The van der Waals surface area contributed by atoms with Crippen LogP contribution in [0.15, 0.2) is 59.2 Å². The first kappa shape index (κ1) is 39.4. The van der Waals surface area contributed by atoms with Crippen molar-refractivity contribution in [3.8, 4) is 17.2 Å². The van der Waals surface area contributed by atoms with Crippen molar-refractivity contribution in [3.05, 3.63) is 82.6 Å². The lowest BCUT2D eigenvalue weighted by Gasteiger charge is -2.39. The molecule has 1 unspecified atom stereocenters. The van der Waals surface area contributed by atoms with Gasteiger partial charge < -0.3 is 29.2 Å². The predicted octanol–water partition coefficient (Wildman–Crippen LogP) is 7.06. The minimum atomic E-state index is -4.52. The second kappa shape index (κ2) is 16.7. The molecule has 0 fully saturated rings. The molecule has 0 radical (unpaired) electrons. The normalized spacial score (nSPS) is 12.2. The van der Waals surface area contributed by atoms with E-state index in [1.54, 1.807) is 43.3 Å². The molecule has 0 aliphatic rings. The molecule has 0 saturated carbocycles. The number of benzene rings is 3. The Hall–Kier alpha value is -4.41. The van der Waals surface area contributed by atoms with Gasteiger partial charge >= 0.3 is 6.09 Å². The molecule has 4 rings (SSSR count). The van der Waals surface area contributed by atoms with Crippen LogP contribution in [0.5, 0.6) is 17.2 Å². The summed E-state index contributed by atoms with van der Waals surface area (Å²) in [5.41, 5.74) is 0.576. The number of carbonyl (C=O) groups excluding carboxylic acids is 1. The number of ether oxygens (including phenoxy) is 4. The van der Waals surface area contributed by atoms with Gasteiger partial charge in [0.05, 0.1) is 32.5 Å². The number of anilines is 2. The van der Waals surface area contributed by atoms with Crippen LogP contribution in [0.25, 0.3) is 0 Å². The Labute approximate surface area is 305 Å². The van der Waals surface area contributed by atoms with E-state index in [0.29, 0.717) is 50.0 Å². The summed E-state index contributed by atoms with van der Waals surface area (Å²) in [6, 6.07) is 10.9. The second-order valence-electron chi connectivity index (χ2n) is 12.3. The number of alkyl carbamates (subject to hydrolysis) is 1. The summed E-state index contributed by atoms with van der Waals surface area (Å²) >= 11 is 6.97. The van der Waals surface area contributed by atoms with E-state index >= 15 is 8.78 Å². The van der Waals surface area contributed by atoms with Crippen molar-refractivity contribution in [2.75, 3.05) is 43.6 Å². The van der Waals surface area contributed by atoms with Gasteiger partial charge in [0.2, 0.25) is 4.34 Å². The lowest BCUT2D eigenvalue weighted by Crippen LogP contribution is -2.46. The average Bonchev–Trinajstić information content (AvgIpc) is 3.64. The molecule has 0 saturated heterocycles. The Bertz CT molecular complexity index is 1930. The molecule has 0 aliphatic carbocycles. The highest BCUT2D eigenvalue weighted by molar-refractivity contribution is 7.94. The quantitative estimate of drug-likeness (QED) is 0.134. The molecule has 4 aromatic rings. The number of hydrogen-bond donors (Lipinski definition) is 1. The number of likely N-dealkylation sites (N-methyl/N-ethyl adjacent to an activating group) is 1. The van der Waals surface area contributed by atoms with Crippen LogP contribution < -0.4 is 28.7 Å². The molecule has 17 heteroatoms. The van der Waals surface area contributed by atoms with E-state index < -0.39 is 50.1 Å². The fourth-order valence-corrected chi connectivity index (χ4v) is 7.53. The molecule has 0 bridgehead atoms. The lowest BCUT2D eigenvalue weighted by molar-refractivity contribution is 0.117. The van der Waals surface area contributed by atoms with Crippen molar-refractivity contribution in [2.24, 2.45) is 5.41 Å². The van der Waals surface area contributed by atoms with Crippen LogP contribution in [-0.2, 0) is 27.9 Å². The van der Waals surface area contributed by atoms with E-state index in [-0.39, 0.29) is 30.4 Å². The van der Waals surface area contributed by atoms with E-state index in [0.717, 1.165) is 18.5 Å². The maximum absolute atomic E-state index is 16.0. The molecule has 1 heterocycles. The fraction of sp³-hybridized carbons (Fsp3) is 0.382. The number of nitrogens with zero attached hydrogens (tertiary/aromatic N) is 4. The summed E-state index contributed by atoms with van der Waals surface area (Å²) in [4.78, 5) is 17.8. The zero-order valence-corrected chi connectivity index (χ0v) is 31.6. The van der Waals surface area contributed by atoms with Crippen LogP contribution in [0.3, 0.4) is 0 Å². The lowest BCUT2D eigenvalue weighted by atomic mass is 9.85. The first-order valence-electron chi connectivity index (χ1n) is 15.6. The maximum Gasteiger partial charge on any atom is 0.407 e. The summed E-state index contributed by atoms with van der Waals surface area (Å²) < 4.78 is 85.2. The van der Waals surface area contributed by atoms with Crippen molar-refractivity contribution < 1.29 is 40.9 Å². The molecule has 1 aromatic heterocycles. The highest BCUT2D eigenvalue weighted by atomic mass is 35.5. The van der Waals surface area contributed by atoms with Gasteiger partial charge in [-0.2, -0.15) is 12.8 Å². The van der Waals surface area contributed by atoms with Gasteiger partial charge in [-0.05, 0) is 48.1 Å². The SMILES string of the molecule is CCNC(=O)OCC(N(C)c1cc(Cl)ccc1COc1cc(F)c(N(Cc2ccc(OC)cc2OC)S(=O)(=O)c2ncns2)cc1F)C(C)(C)C. The Balaban J connectivity index is 1.67. The molecule has 1 amide bonds. The average molecular weight is 768 g/mol. The smallest absolute Gasteiger partial charge is 0.407 e. The van der Waals surface area contributed by atoms with Crippen LogP contribution in [0, 0.1) is 17.0 Å². The third-order valence-electron chi connectivity index (χ3n) is 7.90. The Morgan fingerprint density at radius 1 is 1.00 bits per heavy atom. The monoisotopic (exact) mass is 767 g/mol. The van der Waals surface area contributed by atoms with Crippen molar-refractivity contribution in [2.45, 2.75) is 51.2 Å². The number of carbonyl (C=O) groups is 1. The summed E-state index contributed by atoms with van der Waals surface area (Å²) in [7, 11) is 0.143. The van der Waals surface area contributed by atoms with Gasteiger partial charge in [-0.3, -0.25) is 4.31 Å². The summed E-state index contributed by atoms with van der Waals surface area (Å²) in [6.07, 6.45) is 0.508. The van der Waals surface area contributed by atoms with Gasteiger partial charge in [0.15, 0.2) is 17.4 Å². The summed E-state index contributed by atoms with van der Waals surface area (Å²) in [5, 5.41) is 3.03. The summed E-state index contributed by atoms with van der Waals surface area (Å²) in [6.45, 7) is 7.59. The molecule has 0 aliphatic heterocycles. The number of nitrogens with one attached hydrogen (secondary N) is 1. The van der Waals surface area contributed by atoms with Gasteiger partial charge in [0.25, 0.3) is 10.0 Å². The van der Waals surface area contributed by atoms with E-state index in [1.807, 2.05) is 32.7 Å². The number of sulfonamides is 1.